The maximum Gasteiger partial charge on any atom is 0.271 e. The first-order valence-electron chi connectivity index (χ1n) is 14.1. The van der Waals surface area contributed by atoms with Gasteiger partial charge in [0.1, 0.15) is 18.1 Å². The molecule has 1 aliphatic heterocycles. The third-order valence-corrected chi connectivity index (χ3v) is 9.95. The fourth-order valence-electron chi connectivity index (χ4n) is 5.22. The van der Waals surface area contributed by atoms with Crippen molar-refractivity contribution in [3.63, 3.8) is 0 Å². The molecule has 0 saturated carbocycles. The van der Waals surface area contributed by atoms with Crippen LogP contribution in [0.1, 0.15) is 29.7 Å². The normalized spacial score (nSPS) is 14.5. The molecule has 0 radical (unpaired) electrons. The van der Waals surface area contributed by atoms with E-state index in [9.17, 15) is 9.59 Å². The van der Waals surface area contributed by atoms with Gasteiger partial charge in [-0.2, -0.15) is 0 Å². The van der Waals surface area contributed by atoms with Gasteiger partial charge in [0, 0.05) is 19.8 Å². The maximum atomic E-state index is 14.3. The first-order chi connectivity index (χ1) is 22.2. The van der Waals surface area contributed by atoms with Crippen molar-refractivity contribution >= 4 is 85.8 Å². The minimum absolute atomic E-state index is 0.260. The number of halogens is 3. The summed E-state index contributed by atoms with van der Waals surface area (Å²) in [5, 5.41) is 3.62. The average Bonchev–Trinajstić information content (AvgIpc) is 3.34. The highest BCUT2D eigenvalue weighted by molar-refractivity contribution is 14.1. The molecule has 1 aliphatic rings. The van der Waals surface area contributed by atoms with Crippen molar-refractivity contribution in [3.05, 3.63) is 151 Å². The van der Waals surface area contributed by atoms with Crippen molar-refractivity contribution in [1.82, 2.24) is 4.57 Å². The number of methoxy groups -OCH3 is 1. The van der Waals surface area contributed by atoms with Crippen molar-refractivity contribution in [2.45, 2.75) is 19.6 Å². The second kappa shape index (κ2) is 14.1. The molecule has 0 bridgehead atoms. The van der Waals surface area contributed by atoms with Crippen LogP contribution in [0.2, 0.25) is 5.02 Å². The highest BCUT2D eigenvalue weighted by atomic mass is 127. The molecule has 5 aromatic rings. The van der Waals surface area contributed by atoms with Crippen LogP contribution in [0.4, 0.5) is 5.69 Å². The van der Waals surface area contributed by atoms with Crippen LogP contribution in [-0.2, 0) is 11.4 Å². The predicted molar refractivity (Wildman–Crippen MR) is 199 cm³/mol. The Labute approximate surface area is 301 Å². The number of fused-ring (bicyclic) bond motifs is 1. The van der Waals surface area contributed by atoms with Crippen LogP contribution < -0.4 is 29.7 Å². The second-order valence-corrected chi connectivity index (χ2v) is 14.3. The number of nitrogens with zero attached hydrogens (tertiary/aromatic N) is 2. The van der Waals surface area contributed by atoms with Crippen LogP contribution in [0.25, 0.3) is 6.08 Å². The molecule has 0 fully saturated rings. The van der Waals surface area contributed by atoms with Crippen LogP contribution in [0.5, 0.6) is 11.5 Å². The Morgan fingerprint density at radius 3 is 2.59 bits per heavy atom. The quantitative estimate of drug-likeness (QED) is 0.166. The molecule has 1 amide bonds. The van der Waals surface area contributed by atoms with Gasteiger partial charge in [0.05, 0.1) is 32.5 Å². The molecule has 0 unspecified atom stereocenters. The lowest BCUT2D eigenvalue weighted by Crippen LogP contribution is -2.40. The fourth-order valence-corrected chi connectivity index (χ4v) is 8.52. The lowest BCUT2D eigenvalue weighted by atomic mass is 9.95. The number of hydrogen-bond donors (Lipinski definition) is 1. The van der Waals surface area contributed by atoms with E-state index >= 15 is 0 Å². The summed E-state index contributed by atoms with van der Waals surface area (Å²) in [4.78, 5) is 33.5. The molecular formula is C35H26ClI2N3O4S. The Bertz CT molecular complexity index is 2180. The molecule has 0 aliphatic carbocycles. The number of carbonyl (C=O) groups is 1. The summed E-state index contributed by atoms with van der Waals surface area (Å²) in [5.41, 5.74) is 3.72. The number of benzene rings is 4. The first-order valence-corrected chi connectivity index (χ1v) is 17.5. The molecule has 0 spiro atoms. The van der Waals surface area contributed by atoms with Gasteiger partial charge < -0.3 is 14.8 Å². The second-order valence-electron chi connectivity index (χ2n) is 10.4. The van der Waals surface area contributed by atoms with Crippen molar-refractivity contribution in [1.29, 1.82) is 0 Å². The number of aromatic nitrogens is 1. The third kappa shape index (κ3) is 6.94. The Morgan fingerprint density at radius 2 is 1.83 bits per heavy atom. The molecule has 0 saturated heterocycles. The van der Waals surface area contributed by atoms with Gasteiger partial charge in [-0.1, -0.05) is 65.4 Å². The standard InChI is InChI=1S/C35H26ClI2N3O4S/c1-20-30(33(42)40-26-11-4-3-5-12-26)31(22-9-7-13-27(16-22)44-2)41-34(43)29(46-35(41)39-20)17-23-15-25(37)18-28(38)32(23)45-19-21-8-6-10-24(36)14-21/h3-18,31H,19H2,1-2H3,(H,40,42)/b29-17-/t31-/m0/s1. The summed E-state index contributed by atoms with van der Waals surface area (Å²) in [7, 11) is 1.59. The van der Waals surface area contributed by atoms with Crippen LogP contribution >= 0.6 is 68.1 Å². The molecule has 1 atom stereocenters. The van der Waals surface area contributed by atoms with E-state index in [-0.39, 0.29) is 11.5 Å². The van der Waals surface area contributed by atoms with Crippen LogP contribution in [0, 0.1) is 7.14 Å². The maximum absolute atomic E-state index is 14.3. The molecular weight excluding hydrogens is 848 g/mol. The highest BCUT2D eigenvalue weighted by Gasteiger charge is 2.33. The molecule has 7 nitrogen and oxygen atoms in total. The minimum Gasteiger partial charge on any atom is -0.497 e. The number of carbonyl (C=O) groups excluding carboxylic acids is 1. The van der Waals surface area contributed by atoms with Gasteiger partial charge in [0.25, 0.3) is 11.5 Å². The number of para-hydroxylation sites is 1. The Hall–Kier alpha value is -3.46. The number of thiazole rings is 1. The van der Waals surface area contributed by atoms with Crippen molar-refractivity contribution in [3.8, 4) is 11.5 Å². The van der Waals surface area contributed by atoms with Gasteiger partial charge >= 0.3 is 0 Å². The topological polar surface area (TPSA) is 81.9 Å². The predicted octanol–water partition coefficient (Wildman–Crippen LogP) is 7.32. The molecule has 4 aromatic carbocycles. The van der Waals surface area contributed by atoms with Gasteiger partial charge in [0.2, 0.25) is 0 Å². The molecule has 232 valence electrons. The van der Waals surface area contributed by atoms with E-state index < -0.39 is 6.04 Å². The third-order valence-electron chi connectivity index (χ3n) is 7.30. The summed E-state index contributed by atoms with van der Waals surface area (Å²) in [5.74, 6) is 0.945. The van der Waals surface area contributed by atoms with Gasteiger partial charge in [-0.25, -0.2) is 4.99 Å². The van der Waals surface area contributed by atoms with E-state index in [2.05, 4.69) is 50.5 Å². The largest absolute Gasteiger partial charge is 0.497 e. The van der Waals surface area contributed by atoms with Crippen molar-refractivity contribution in [2.75, 3.05) is 12.4 Å². The molecule has 6 rings (SSSR count). The summed E-state index contributed by atoms with van der Waals surface area (Å²) in [6, 6.07) is 27.4. The smallest absolute Gasteiger partial charge is 0.271 e. The Kier molecular flexibility index (Phi) is 9.97. The molecule has 1 aromatic heterocycles. The number of hydrogen-bond acceptors (Lipinski definition) is 6. The number of anilines is 1. The molecule has 11 heteroatoms. The summed E-state index contributed by atoms with van der Waals surface area (Å²) < 4.78 is 15.8. The zero-order valence-corrected chi connectivity index (χ0v) is 30.5. The SMILES string of the molecule is COc1cccc([C@H]2C(C(=O)Nc3ccccc3)=C(C)N=c3s/c(=C\c4cc(I)cc(I)c4OCc4cccc(Cl)c4)c(=O)n32)c1. The zero-order chi connectivity index (χ0) is 32.4. The molecule has 46 heavy (non-hydrogen) atoms. The monoisotopic (exact) mass is 873 g/mol. The number of allylic oxidation sites excluding steroid dienone is 1. The number of ether oxygens (including phenoxy) is 2. The van der Waals surface area contributed by atoms with Gasteiger partial charge in [-0.05, 0) is 118 Å². The summed E-state index contributed by atoms with van der Waals surface area (Å²) in [6.45, 7) is 2.11. The average molecular weight is 874 g/mol. The molecule has 1 N–H and O–H groups in total. The molecule has 2 heterocycles. The number of nitrogens with one attached hydrogen (secondary N) is 1. The number of amides is 1. The highest BCUT2D eigenvalue weighted by Crippen LogP contribution is 2.33. The fraction of sp³-hybridized carbons (Fsp3) is 0.114. The van der Waals surface area contributed by atoms with E-state index in [1.165, 1.54) is 11.3 Å². The van der Waals surface area contributed by atoms with Crippen molar-refractivity contribution in [2.24, 2.45) is 4.99 Å². The van der Waals surface area contributed by atoms with Gasteiger partial charge in [0.15, 0.2) is 4.80 Å². The van der Waals surface area contributed by atoms with E-state index in [4.69, 9.17) is 26.1 Å². The van der Waals surface area contributed by atoms with Crippen LogP contribution in [-0.4, -0.2) is 17.6 Å². The Balaban J connectivity index is 1.47. The lowest BCUT2D eigenvalue weighted by molar-refractivity contribution is -0.113. The van der Waals surface area contributed by atoms with E-state index in [0.717, 1.165) is 23.8 Å². The van der Waals surface area contributed by atoms with Crippen molar-refractivity contribution < 1.29 is 14.3 Å². The van der Waals surface area contributed by atoms with E-state index in [1.54, 1.807) is 18.6 Å². The van der Waals surface area contributed by atoms with E-state index in [0.29, 0.717) is 49.4 Å². The summed E-state index contributed by atoms with van der Waals surface area (Å²) in [6.07, 6.45) is 1.84. The van der Waals surface area contributed by atoms with E-state index in [1.807, 2.05) is 97.1 Å². The minimum atomic E-state index is -0.730. The van der Waals surface area contributed by atoms with Gasteiger partial charge in [-0.3, -0.25) is 14.2 Å². The first kappa shape index (κ1) is 32.5. The number of rotatable bonds is 8. The lowest BCUT2D eigenvalue weighted by Gasteiger charge is -2.25. The van der Waals surface area contributed by atoms with Crippen LogP contribution in [0.3, 0.4) is 0 Å². The van der Waals surface area contributed by atoms with Gasteiger partial charge in [-0.15, -0.1) is 0 Å². The summed E-state index contributed by atoms with van der Waals surface area (Å²) >= 11 is 12.0. The Morgan fingerprint density at radius 1 is 1.04 bits per heavy atom. The zero-order valence-electron chi connectivity index (χ0n) is 24.6. The van der Waals surface area contributed by atoms with Crippen LogP contribution in [0.15, 0.2) is 112 Å².